The molecule has 5 aromatic rings. The van der Waals surface area contributed by atoms with Gasteiger partial charge in [-0.25, -0.2) is 4.98 Å². The lowest BCUT2D eigenvalue weighted by Gasteiger charge is -2.31. The largest absolute Gasteiger partial charge is 0.248 e. The lowest BCUT2D eigenvalue weighted by atomic mass is 10.1. The van der Waals surface area contributed by atoms with E-state index < -0.39 is 8.07 Å². The molecule has 2 heteroatoms. The molecule has 0 bridgehead atoms. The Balaban J connectivity index is 1.77. The molecule has 0 spiro atoms. The molecule has 4 aromatic carbocycles. The molecule has 0 atom stereocenters. The Morgan fingerprint density at radius 1 is 0.533 bits per heavy atom. The summed E-state index contributed by atoms with van der Waals surface area (Å²) in [7, 11) is -2.21. The van der Waals surface area contributed by atoms with E-state index in [-0.39, 0.29) is 0 Å². The summed E-state index contributed by atoms with van der Waals surface area (Å²) in [4.78, 5) is 5.03. The molecule has 0 saturated carbocycles. The Hall–Kier alpha value is -3.49. The second-order valence-corrected chi connectivity index (χ2v) is 11.7. The van der Waals surface area contributed by atoms with Crippen LogP contribution in [0.4, 0.5) is 0 Å². The summed E-state index contributed by atoms with van der Waals surface area (Å²) in [5.74, 6) is 0. The summed E-state index contributed by atoms with van der Waals surface area (Å²) in [5.41, 5.74) is 3.30. The van der Waals surface area contributed by atoms with Crippen molar-refractivity contribution in [1.82, 2.24) is 4.98 Å². The lowest BCUT2D eigenvalue weighted by Crippen LogP contribution is -2.65. The Morgan fingerprint density at radius 2 is 1.10 bits per heavy atom. The second-order valence-electron chi connectivity index (χ2n) is 7.79. The summed E-state index contributed by atoms with van der Waals surface area (Å²) < 4.78 is 0. The van der Waals surface area contributed by atoms with E-state index in [4.69, 9.17) is 4.98 Å². The molecule has 1 heterocycles. The van der Waals surface area contributed by atoms with Crippen LogP contribution in [0.5, 0.6) is 0 Å². The number of nitrogens with zero attached hydrogens (tertiary/aromatic N) is 1. The average Bonchev–Trinajstić information content (AvgIpc) is 2.84. The van der Waals surface area contributed by atoms with Crippen molar-refractivity contribution < 1.29 is 0 Å². The molecule has 5 rings (SSSR count). The molecule has 0 N–H and O–H groups in total. The van der Waals surface area contributed by atoms with Crippen LogP contribution in [-0.2, 0) is 0 Å². The molecular weight excluding hydrogens is 378 g/mol. The van der Waals surface area contributed by atoms with Crippen LogP contribution >= 0.6 is 0 Å². The first kappa shape index (κ1) is 18.5. The van der Waals surface area contributed by atoms with Gasteiger partial charge in [-0.15, -0.1) is 0 Å². The predicted molar refractivity (Wildman–Crippen MR) is 131 cm³/mol. The quantitative estimate of drug-likeness (QED) is 0.305. The van der Waals surface area contributed by atoms with E-state index in [1.807, 2.05) is 0 Å². The highest BCUT2D eigenvalue weighted by Crippen LogP contribution is 2.22. The van der Waals surface area contributed by atoms with Crippen LogP contribution in [0, 0.1) is 0 Å². The Morgan fingerprint density at radius 3 is 1.80 bits per heavy atom. The fraction of sp³-hybridized carbons (Fsp3) is 0.0357. The smallest absolute Gasteiger partial charge is 0.146 e. The fourth-order valence-corrected chi connectivity index (χ4v) is 8.23. The number of aromatic nitrogens is 1. The third-order valence-corrected chi connectivity index (χ3v) is 10.5. The number of rotatable bonds is 4. The van der Waals surface area contributed by atoms with Crippen LogP contribution < -0.4 is 15.6 Å². The van der Waals surface area contributed by atoms with Gasteiger partial charge in [0.15, 0.2) is 0 Å². The summed E-state index contributed by atoms with van der Waals surface area (Å²) in [6.45, 7) is 2.46. The molecule has 0 saturated heterocycles. The van der Waals surface area contributed by atoms with Crippen LogP contribution in [-0.4, -0.2) is 13.1 Å². The Kier molecular flexibility index (Phi) is 4.78. The van der Waals surface area contributed by atoms with Gasteiger partial charge in [-0.2, -0.15) is 0 Å². The van der Waals surface area contributed by atoms with E-state index in [0.717, 1.165) is 11.2 Å². The molecule has 0 aliphatic heterocycles. The van der Waals surface area contributed by atoms with Gasteiger partial charge < -0.3 is 0 Å². The van der Waals surface area contributed by atoms with Crippen LogP contribution in [0.1, 0.15) is 0 Å². The SMILES string of the molecule is C[Si](c1ccccc1)(c1ccccc1)c1ccccc1-c1ccc2ccccc2n1. The van der Waals surface area contributed by atoms with Crippen molar-refractivity contribution in [3.63, 3.8) is 0 Å². The molecule has 0 fully saturated rings. The zero-order valence-corrected chi connectivity index (χ0v) is 18.0. The van der Waals surface area contributed by atoms with Crippen molar-refractivity contribution in [1.29, 1.82) is 0 Å². The third kappa shape index (κ3) is 3.16. The van der Waals surface area contributed by atoms with Crippen LogP contribution in [0.15, 0.2) is 121 Å². The van der Waals surface area contributed by atoms with Gasteiger partial charge in [0, 0.05) is 10.9 Å². The standard InChI is InChI=1S/C28H23NSi/c1-30(23-13-4-2-5-14-23,24-15-6-3-7-16-24)28-19-11-9-17-25(28)27-21-20-22-12-8-10-18-26(22)29-27/h2-21H,1H3. The van der Waals surface area contributed by atoms with Crippen LogP contribution in [0.3, 0.4) is 0 Å². The molecule has 0 amide bonds. The van der Waals surface area contributed by atoms with Crippen molar-refractivity contribution in [2.45, 2.75) is 6.55 Å². The first-order valence-electron chi connectivity index (χ1n) is 10.3. The number of hydrogen-bond acceptors (Lipinski definition) is 1. The summed E-state index contributed by atoms with van der Waals surface area (Å²) in [6.07, 6.45) is 0. The molecule has 0 aliphatic rings. The van der Waals surface area contributed by atoms with Gasteiger partial charge in [-0.3, -0.25) is 0 Å². The van der Waals surface area contributed by atoms with Gasteiger partial charge in [0.2, 0.25) is 0 Å². The molecule has 0 aliphatic carbocycles. The topological polar surface area (TPSA) is 12.9 Å². The Bertz CT molecular complexity index is 1260. The number of pyridine rings is 1. The van der Waals surface area contributed by atoms with E-state index in [0.29, 0.717) is 0 Å². The third-order valence-electron chi connectivity index (χ3n) is 6.04. The zero-order chi connectivity index (χ0) is 20.4. The normalized spacial score (nSPS) is 11.5. The average molecular weight is 402 g/mol. The van der Waals surface area contributed by atoms with Crippen molar-refractivity contribution in [3.05, 3.63) is 121 Å². The molecule has 0 unspecified atom stereocenters. The highest BCUT2D eigenvalue weighted by molar-refractivity contribution is 7.11. The maximum Gasteiger partial charge on any atom is 0.146 e. The second kappa shape index (κ2) is 7.73. The minimum Gasteiger partial charge on any atom is -0.248 e. The van der Waals surface area contributed by atoms with E-state index in [1.54, 1.807) is 0 Å². The van der Waals surface area contributed by atoms with Crippen molar-refractivity contribution in [2.24, 2.45) is 0 Å². The van der Waals surface area contributed by atoms with E-state index >= 15 is 0 Å². The van der Waals surface area contributed by atoms with Crippen LogP contribution in [0.25, 0.3) is 22.2 Å². The summed E-state index contributed by atoms with van der Waals surface area (Å²) in [6, 6.07) is 43.4. The van der Waals surface area contributed by atoms with Gasteiger partial charge in [0.1, 0.15) is 8.07 Å². The lowest BCUT2D eigenvalue weighted by molar-refractivity contribution is 1.40. The Labute approximate surface area is 178 Å². The van der Waals surface area contributed by atoms with Crippen molar-refractivity contribution >= 4 is 34.5 Å². The minimum absolute atomic E-state index is 1.03. The maximum atomic E-state index is 5.03. The number of fused-ring (bicyclic) bond motifs is 1. The van der Waals surface area contributed by atoms with Gasteiger partial charge in [-0.1, -0.05) is 116 Å². The van der Waals surface area contributed by atoms with Crippen LogP contribution in [0.2, 0.25) is 6.55 Å². The first-order chi connectivity index (χ1) is 14.8. The number of para-hydroxylation sites is 1. The van der Waals surface area contributed by atoms with Gasteiger partial charge in [0.05, 0.1) is 11.2 Å². The van der Waals surface area contributed by atoms with E-state index in [1.165, 1.54) is 26.5 Å². The molecular formula is C28H23NSi. The molecule has 1 aromatic heterocycles. The molecule has 30 heavy (non-hydrogen) atoms. The van der Waals surface area contributed by atoms with Crippen molar-refractivity contribution in [3.8, 4) is 11.3 Å². The van der Waals surface area contributed by atoms with E-state index in [9.17, 15) is 0 Å². The highest BCUT2D eigenvalue weighted by atomic mass is 28.3. The first-order valence-corrected chi connectivity index (χ1v) is 12.8. The predicted octanol–water partition coefficient (Wildman–Crippen LogP) is 5.00. The maximum absolute atomic E-state index is 5.03. The number of benzene rings is 4. The van der Waals surface area contributed by atoms with Gasteiger partial charge in [0.25, 0.3) is 0 Å². The van der Waals surface area contributed by atoms with Crippen molar-refractivity contribution in [2.75, 3.05) is 0 Å². The zero-order valence-electron chi connectivity index (χ0n) is 17.0. The van der Waals surface area contributed by atoms with E-state index in [2.05, 4.69) is 128 Å². The highest BCUT2D eigenvalue weighted by Gasteiger charge is 2.36. The monoisotopic (exact) mass is 401 g/mol. The fourth-order valence-electron chi connectivity index (χ4n) is 4.38. The minimum atomic E-state index is -2.21. The number of hydrogen-bond donors (Lipinski definition) is 0. The molecule has 144 valence electrons. The van der Waals surface area contributed by atoms with Gasteiger partial charge >= 0.3 is 0 Å². The molecule has 0 radical (unpaired) electrons. The molecule has 1 nitrogen and oxygen atoms in total. The summed E-state index contributed by atoms with van der Waals surface area (Å²) in [5, 5.41) is 5.38. The summed E-state index contributed by atoms with van der Waals surface area (Å²) >= 11 is 0. The van der Waals surface area contributed by atoms with Gasteiger partial charge in [-0.05, 0) is 27.7 Å².